The molecule has 8 nitrogen and oxygen atoms in total. The summed E-state index contributed by atoms with van der Waals surface area (Å²) in [6.07, 6.45) is 3.06. The van der Waals surface area contributed by atoms with Gasteiger partial charge in [-0.15, -0.1) is 5.10 Å². The number of hydrogen-bond donors (Lipinski definition) is 0. The standard InChI is InChI=1S/C20H26N4O4S/c1-23(2)19-10-6-9-18-17(19)8-7-11-20(18)29(25,26)28-13-5-4-12-27-15-16-14-24(3)22-21-16/h6-11,14H,4-5,12-13,15H2,1-3H3. The fraction of sp³-hybridized carbons (Fsp3) is 0.400. The monoisotopic (exact) mass is 418 g/mol. The van der Waals surface area contributed by atoms with Crippen molar-refractivity contribution in [1.82, 2.24) is 15.0 Å². The van der Waals surface area contributed by atoms with Crippen LogP contribution >= 0.6 is 0 Å². The Kier molecular flexibility index (Phi) is 6.83. The maximum Gasteiger partial charge on any atom is 0.297 e. The summed E-state index contributed by atoms with van der Waals surface area (Å²) in [6, 6.07) is 10.9. The summed E-state index contributed by atoms with van der Waals surface area (Å²) in [4.78, 5) is 2.15. The predicted octanol–water partition coefficient (Wildman–Crippen LogP) is 2.74. The number of aromatic nitrogens is 3. The van der Waals surface area contributed by atoms with Crippen molar-refractivity contribution < 1.29 is 17.3 Å². The maximum absolute atomic E-state index is 12.7. The summed E-state index contributed by atoms with van der Waals surface area (Å²) in [5.41, 5.74) is 1.72. The highest BCUT2D eigenvalue weighted by Gasteiger charge is 2.19. The molecular weight excluding hydrogens is 392 g/mol. The summed E-state index contributed by atoms with van der Waals surface area (Å²) >= 11 is 0. The van der Waals surface area contributed by atoms with Gasteiger partial charge in [-0.25, -0.2) is 0 Å². The van der Waals surface area contributed by atoms with Crippen LogP contribution in [0.5, 0.6) is 0 Å². The third kappa shape index (κ3) is 5.31. The van der Waals surface area contributed by atoms with E-state index in [1.807, 2.05) is 37.2 Å². The zero-order chi connectivity index (χ0) is 20.9. The van der Waals surface area contributed by atoms with Crippen LogP contribution < -0.4 is 4.90 Å². The predicted molar refractivity (Wildman–Crippen MR) is 111 cm³/mol. The van der Waals surface area contributed by atoms with Gasteiger partial charge in [0.1, 0.15) is 10.6 Å². The van der Waals surface area contributed by atoms with Gasteiger partial charge in [0, 0.05) is 44.2 Å². The van der Waals surface area contributed by atoms with Crippen LogP contribution in [-0.2, 0) is 32.7 Å². The minimum absolute atomic E-state index is 0.112. The Bertz CT molecular complexity index is 1060. The Balaban J connectivity index is 1.54. The third-order valence-corrected chi connectivity index (χ3v) is 5.80. The van der Waals surface area contributed by atoms with E-state index in [-0.39, 0.29) is 11.5 Å². The van der Waals surface area contributed by atoms with Gasteiger partial charge in [0.05, 0.1) is 19.4 Å². The number of benzene rings is 2. The first kappa shape index (κ1) is 21.2. The molecule has 3 aromatic rings. The van der Waals surface area contributed by atoms with Gasteiger partial charge in [-0.1, -0.05) is 29.5 Å². The first-order valence-corrected chi connectivity index (χ1v) is 10.8. The van der Waals surface area contributed by atoms with Crippen LogP contribution in [0.15, 0.2) is 47.5 Å². The quantitative estimate of drug-likeness (QED) is 0.370. The second-order valence-electron chi connectivity index (χ2n) is 6.94. The maximum atomic E-state index is 12.7. The first-order valence-electron chi connectivity index (χ1n) is 9.40. The molecule has 0 N–H and O–H groups in total. The lowest BCUT2D eigenvalue weighted by Gasteiger charge is -2.16. The Morgan fingerprint density at radius 1 is 1.03 bits per heavy atom. The molecule has 0 saturated heterocycles. The first-order chi connectivity index (χ1) is 13.9. The molecular formula is C20H26N4O4S. The van der Waals surface area contributed by atoms with Crippen LogP contribution in [0.2, 0.25) is 0 Å². The molecule has 0 aliphatic rings. The molecule has 0 amide bonds. The van der Waals surface area contributed by atoms with E-state index in [2.05, 4.69) is 10.3 Å². The number of nitrogens with zero attached hydrogens (tertiary/aromatic N) is 4. The molecule has 0 unspecified atom stereocenters. The molecule has 0 bridgehead atoms. The van der Waals surface area contributed by atoms with Crippen molar-refractivity contribution in [3.63, 3.8) is 0 Å². The van der Waals surface area contributed by atoms with Crippen LogP contribution in [0.1, 0.15) is 18.5 Å². The van der Waals surface area contributed by atoms with E-state index >= 15 is 0 Å². The van der Waals surface area contributed by atoms with Gasteiger partial charge in [0.2, 0.25) is 0 Å². The second kappa shape index (κ2) is 9.34. The van der Waals surface area contributed by atoms with E-state index < -0.39 is 10.1 Å². The number of unbranched alkanes of at least 4 members (excludes halogenated alkanes) is 1. The van der Waals surface area contributed by atoms with E-state index in [0.29, 0.717) is 31.4 Å². The SMILES string of the molecule is CN(C)c1cccc2c(S(=O)(=O)OCCCCOCc3cn(C)nn3)cccc12. The van der Waals surface area contributed by atoms with Crippen molar-refractivity contribution in [2.75, 3.05) is 32.2 Å². The fourth-order valence-corrected chi connectivity index (χ4v) is 4.21. The summed E-state index contributed by atoms with van der Waals surface area (Å²) in [7, 11) is 1.81. The summed E-state index contributed by atoms with van der Waals surface area (Å²) in [5, 5.41) is 9.31. The van der Waals surface area contributed by atoms with Crippen LogP contribution in [0, 0.1) is 0 Å². The number of fused-ring (bicyclic) bond motifs is 1. The molecule has 0 aliphatic heterocycles. The smallest absolute Gasteiger partial charge is 0.297 e. The van der Waals surface area contributed by atoms with Crippen molar-refractivity contribution >= 4 is 26.6 Å². The van der Waals surface area contributed by atoms with Crippen molar-refractivity contribution in [2.45, 2.75) is 24.3 Å². The fourth-order valence-electron chi connectivity index (χ4n) is 3.05. The molecule has 29 heavy (non-hydrogen) atoms. The highest BCUT2D eigenvalue weighted by molar-refractivity contribution is 7.87. The van der Waals surface area contributed by atoms with E-state index in [0.717, 1.165) is 16.8 Å². The van der Waals surface area contributed by atoms with E-state index in [1.54, 1.807) is 36.1 Å². The van der Waals surface area contributed by atoms with E-state index in [1.165, 1.54) is 0 Å². The Hall–Kier alpha value is -2.49. The number of rotatable bonds is 10. The zero-order valence-corrected chi connectivity index (χ0v) is 17.7. The Morgan fingerprint density at radius 2 is 1.76 bits per heavy atom. The highest BCUT2D eigenvalue weighted by atomic mass is 32.2. The van der Waals surface area contributed by atoms with Gasteiger partial charge in [-0.2, -0.15) is 8.42 Å². The number of anilines is 1. The summed E-state index contributed by atoms with van der Waals surface area (Å²) in [6.45, 7) is 0.998. The lowest BCUT2D eigenvalue weighted by atomic mass is 10.1. The topological polar surface area (TPSA) is 86.5 Å². The van der Waals surface area contributed by atoms with Crippen LogP contribution in [0.4, 0.5) is 5.69 Å². The minimum atomic E-state index is -3.84. The lowest BCUT2D eigenvalue weighted by Crippen LogP contribution is -2.11. The second-order valence-corrected chi connectivity index (χ2v) is 8.53. The number of ether oxygens (including phenoxy) is 1. The van der Waals surface area contributed by atoms with E-state index in [4.69, 9.17) is 8.92 Å². The molecule has 2 aromatic carbocycles. The van der Waals surface area contributed by atoms with Crippen LogP contribution in [-0.4, -0.2) is 50.7 Å². The third-order valence-electron chi connectivity index (χ3n) is 4.43. The molecule has 1 aromatic heterocycles. The Labute approximate surface area is 171 Å². The Morgan fingerprint density at radius 3 is 2.48 bits per heavy atom. The van der Waals surface area contributed by atoms with Crippen molar-refractivity contribution in [3.8, 4) is 0 Å². The van der Waals surface area contributed by atoms with E-state index in [9.17, 15) is 8.42 Å². The average Bonchev–Trinajstić information content (AvgIpc) is 3.11. The molecule has 0 atom stereocenters. The largest absolute Gasteiger partial charge is 0.377 e. The molecule has 0 aliphatic carbocycles. The normalized spacial score (nSPS) is 11.8. The van der Waals surface area contributed by atoms with Crippen molar-refractivity contribution in [1.29, 1.82) is 0 Å². The average molecular weight is 419 g/mol. The summed E-state index contributed by atoms with van der Waals surface area (Å²) in [5.74, 6) is 0. The molecule has 3 rings (SSSR count). The van der Waals surface area contributed by atoms with Gasteiger partial charge < -0.3 is 9.64 Å². The van der Waals surface area contributed by atoms with Crippen LogP contribution in [0.25, 0.3) is 10.8 Å². The number of aryl methyl sites for hydroxylation is 1. The highest BCUT2D eigenvalue weighted by Crippen LogP contribution is 2.30. The lowest BCUT2D eigenvalue weighted by molar-refractivity contribution is 0.111. The van der Waals surface area contributed by atoms with Gasteiger partial charge in [-0.3, -0.25) is 8.86 Å². The molecule has 0 radical (unpaired) electrons. The van der Waals surface area contributed by atoms with Gasteiger partial charge >= 0.3 is 0 Å². The minimum Gasteiger partial charge on any atom is -0.377 e. The van der Waals surface area contributed by atoms with Gasteiger partial charge in [0.25, 0.3) is 10.1 Å². The molecule has 156 valence electrons. The number of hydrogen-bond acceptors (Lipinski definition) is 7. The molecule has 1 heterocycles. The van der Waals surface area contributed by atoms with Crippen molar-refractivity contribution in [2.24, 2.45) is 7.05 Å². The van der Waals surface area contributed by atoms with Crippen molar-refractivity contribution in [3.05, 3.63) is 48.3 Å². The molecule has 0 fully saturated rings. The molecule has 0 saturated carbocycles. The molecule has 0 spiro atoms. The van der Waals surface area contributed by atoms with Gasteiger partial charge in [-0.05, 0) is 25.0 Å². The van der Waals surface area contributed by atoms with Gasteiger partial charge in [0.15, 0.2) is 0 Å². The van der Waals surface area contributed by atoms with Crippen LogP contribution in [0.3, 0.4) is 0 Å². The molecule has 9 heteroatoms. The summed E-state index contributed by atoms with van der Waals surface area (Å²) < 4.78 is 37.8. The zero-order valence-electron chi connectivity index (χ0n) is 16.9.